The first-order valence-corrected chi connectivity index (χ1v) is 16.5. The number of ether oxygens (including phenoxy) is 1. The average Bonchev–Trinajstić information content (AvgIpc) is 3.06. The number of amides is 2. The second-order valence-corrected chi connectivity index (χ2v) is 12.3. The number of Topliss-reactive ketones (excluding diaryl/α,β-unsaturated/α-hetero) is 2. The lowest BCUT2D eigenvalue weighted by atomic mass is 9.94. The fourth-order valence-corrected chi connectivity index (χ4v) is 5.82. The van der Waals surface area contributed by atoms with Crippen molar-refractivity contribution in [2.75, 3.05) is 44.6 Å². The van der Waals surface area contributed by atoms with Gasteiger partial charge in [0.1, 0.15) is 17.3 Å². The SMILES string of the molecule is O=C(C(=O)C(F)(F)F)C(F)(F)F.O=C1COc2c(CCNCCN(C(=O)CCNCCc3cc(F)cc(Cl)c3)C3CCCCC3)ccc(O)c2N1. The number of anilines is 1. The molecule has 18 heteroatoms. The van der Waals surface area contributed by atoms with Crippen LogP contribution < -0.4 is 20.7 Å². The van der Waals surface area contributed by atoms with Crippen LogP contribution in [-0.2, 0) is 32.0 Å². The summed E-state index contributed by atoms with van der Waals surface area (Å²) in [6.45, 7) is 3.14. The predicted octanol–water partition coefficient (Wildman–Crippen LogP) is 5.28. The summed E-state index contributed by atoms with van der Waals surface area (Å²) in [5, 5.41) is 19.8. The Labute approximate surface area is 294 Å². The summed E-state index contributed by atoms with van der Waals surface area (Å²) in [6, 6.07) is 8.19. The molecule has 1 aliphatic heterocycles. The minimum atomic E-state index is -5.77. The molecular weight excluding hydrogens is 717 g/mol. The largest absolute Gasteiger partial charge is 0.506 e. The smallest absolute Gasteiger partial charge is 0.458 e. The summed E-state index contributed by atoms with van der Waals surface area (Å²) in [5.74, 6) is -6.78. The number of hydrogen-bond donors (Lipinski definition) is 4. The van der Waals surface area contributed by atoms with E-state index < -0.39 is 23.9 Å². The number of aromatic hydroxyl groups is 1. The van der Waals surface area contributed by atoms with Gasteiger partial charge in [-0.25, -0.2) is 4.39 Å². The highest BCUT2D eigenvalue weighted by atomic mass is 35.5. The van der Waals surface area contributed by atoms with Crippen LogP contribution in [0.25, 0.3) is 0 Å². The first-order valence-electron chi connectivity index (χ1n) is 16.1. The fourth-order valence-electron chi connectivity index (χ4n) is 5.57. The zero-order valence-corrected chi connectivity index (χ0v) is 28.1. The van der Waals surface area contributed by atoms with Crippen molar-refractivity contribution in [1.29, 1.82) is 0 Å². The molecule has 2 aliphatic rings. The van der Waals surface area contributed by atoms with Gasteiger partial charge in [0.25, 0.3) is 5.91 Å². The van der Waals surface area contributed by atoms with Gasteiger partial charge in [0.15, 0.2) is 12.4 Å². The van der Waals surface area contributed by atoms with Crippen LogP contribution in [0.4, 0.5) is 36.4 Å². The molecular formula is C33H38ClF7N4O6. The van der Waals surface area contributed by atoms with Crippen molar-refractivity contribution in [1.82, 2.24) is 15.5 Å². The van der Waals surface area contributed by atoms with E-state index in [1.165, 1.54) is 18.6 Å². The van der Waals surface area contributed by atoms with E-state index in [4.69, 9.17) is 16.3 Å². The molecule has 0 radical (unpaired) electrons. The molecule has 1 fully saturated rings. The van der Waals surface area contributed by atoms with Gasteiger partial charge in [0.2, 0.25) is 5.91 Å². The lowest BCUT2D eigenvalue weighted by molar-refractivity contribution is -0.193. The summed E-state index contributed by atoms with van der Waals surface area (Å²) in [5.41, 5.74) is 2.06. The normalized spacial score (nSPS) is 14.8. The Hall–Kier alpha value is -3.96. The number of benzene rings is 2. The van der Waals surface area contributed by atoms with Crippen molar-refractivity contribution in [3.8, 4) is 11.5 Å². The van der Waals surface area contributed by atoms with Crippen molar-refractivity contribution in [3.63, 3.8) is 0 Å². The van der Waals surface area contributed by atoms with Crippen LogP contribution in [0, 0.1) is 5.82 Å². The van der Waals surface area contributed by atoms with Crippen molar-refractivity contribution in [3.05, 3.63) is 52.3 Å². The van der Waals surface area contributed by atoms with Crippen LogP contribution in [-0.4, -0.2) is 91.1 Å². The molecule has 282 valence electrons. The summed E-state index contributed by atoms with van der Waals surface area (Å²) in [7, 11) is 0. The Morgan fingerprint density at radius 1 is 0.902 bits per heavy atom. The van der Waals surface area contributed by atoms with Gasteiger partial charge in [-0.2, -0.15) is 26.3 Å². The molecule has 1 heterocycles. The van der Waals surface area contributed by atoms with Gasteiger partial charge in [-0.1, -0.05) is 36.9 Å². The Kier molecular flexibility index (Phi) is 15.5. The first-order chi connectivity index (χ1) is 24.0. The molecule has 0 unspecified atom stereocenters. The monoisotopic (exact) mass is 754 g/mol. The molecule has 0 bridgehead atoms. The van der Waals surface area contributed by atoms with E-state index in [1.807, 2.05) is 4.90 Å². The molecule has 4 rings (SSSR count). The quantitative estimate of drug-likeness (QED) is 0.0886. The van der Waals surface area contributed by atoms with E-state index in [9.17, 15) is 55.0 Å². The summed E-state index contributed by atoms with van der Waals surface area (Å²) < 4.78 is 86.0. The maximum Gasteiger partial charge on any atom is 0.458 e. The van der Waals surface area contributed by atoms with Crippen LogP contribution in [0.15, 0.2) is 30.3 Å². The number of carbonyl (C=O) groups is 4. The first kappa shape index (κ1) is 41.5. The van der Waals surface area contributed by atoms with Crippen molar-refractivity contribution < 1.29 is 59.8 Å². The van der Waals surface area contributed by atoms with Gasteiger partial charge >= 0.3 is 23.9 Å². The van der Waals surface area contributed by atoms with Crippen molar-refractivity contribution >= 4 is 40.7 Å². The highest BCUT2D eigenvalue weighted by Crippen LogP contribution is 2.39. The Morgan fingerprint density at radius 2 is 1.53 bits per heavy atom. The number of phenolic OH excluding ortho intramolecular Hbond substituents is 1. The molecule has 2 aromatic rings. The molecule has 2 aromatic carbocycles. The molecule has 10 nitrogen and oxygen atoms in total. The van der Waals surface area contributed by atoms with Crippen LogP contribution >= 0.6 is 11.6 Å². The lowest BCUT2D eigenvalue weighted by Gasteiger charge is -2.34. The van der Waals surface area contributed by atoms with E-state index >= 15 is 0 Å². The lowest BCUT2D eigenvalue weighted by Crippen LogP contribution is -2.45. The number of hydrogen-bond acceptors (Lipinski definition) is 8. The Bertz CT molecular complexity index is 1490. The summed E-state index contributed by atoms with van der Waals surface area (Å²) in [6.07, 6.45) is -4.20. The number of carbonyl (C=O) groups excluding carboxylic acids is 4. The molecule has 1 aliphatic carbocycles. The molecule has 0 atom stereocenters. The number of fused-ring (bicyclic) bond motifs is 1. The van der Waals surface area contributed by atoms with E-state index in [1.54, 1.807) is 18.2 Å². The van der Waals surface area contributed by atoms with Gasteiger partial charge in [-0.05, 0) is 74.2 Å². The molecule has 0 aromatic heterocycles. The maximum atomic E-state index is 13.5. The Balaban J connectivity index is 0.000000501. The fraction of sp³-hybridized carbons (Fsp3) is 0.515. The number of phenols is 1. The number of nitrogens with zero attached hydrogens (tertiary/aromatic N) is 1. The third-order valence-electron chi connectivity index (χ3n) is 8.02. The molecule has 0 spiro atoms. The van der Waals surface area contributed by atoms with Gasteiger partial charge in [-0.15, -0.1) is 0 Å². The van der Waals surface area contributed by atoms with Crippen LogP contribution in [0.5, 0.6) is 11.5 Å². The van der Waals surface area contributed by atoms with Gasteiger partial charge in [0, 0.05) is 37.1 Å². The number of halogens is 8. The van der Waals surface area contributed by atoms with Crippen LogP contribution in [0.3, 0.4) is 0 Å². The third kappa shape index (κ3) is 13.3. The Morgan fingerprint density at radius 3 is 2.16 bits per heavy atom. The zero-order valence-electron chi connectivity index (χ0n) is 27.3. The minimum Gasteiger partial charge on any atom is -0.506 e. The number of rotatable bonds is 14. The number of nitrogens with one attached hydrogen (secondary N) is 3. The molecule has 4 N–H and O–H groups in total. The molecule has 0 saturated heterocycles. The summed E-state index contributed by atoms with van der Waals surface area (Å²) >= 11 is 5.93. The van der Waals surface area contributed by atoms with E-state index in [0.29, 0.717) is 68.4 Å². The number of ketones is 2. The number of alkyl halides is 6. The van der Waals surface area contributed by atoms with Gasteiger partial charge in [0.05, 0.1) is 0 Å². The van der Waals surface area contributed by atoms with Gasteiger partial charge < -0.3 is 30.7 Å². The van der Waals surface area contributed by atoms with E-state index in [-0.39, 0.29) is 36.0 Å². The summed E-state index contributed by atoms with van der Waals surface area (Å²) in [4.78, 5) is 46.1. The van der Waals surface area contributed by atoms with Crippen LogP contribution in [0.2, 0.25) is 5.02 Å². The topological polar surface area (TPSA) is 137 Å². The van der Waals surface area contributed by atoms with Crippen LogP contribution in [0.1, 0.15) is 49.7 Å². The van der Waals surface area contributed by atoms with Crippen molar-refractivity contribution in [2.24, 2.45) is 0 Å². The zero-order chi connectivity index (χ0) is 37.8. The van der Waals surface area contributed by atoms with E-state index in [2.05, 4.69) is 16.0 Å². The highest BCUT2D eigenvalue weighted by Gasteiger charge is 2.54. The highest BCUT2D eigenvalue weighted by molar-refractivity contribution is 6.41. The maximum absolute atomic E-state index is 13.5. The minimum absolute atomic E-state index is 0.00996. The van der Waals surface area contributed by atoms with Gasteiger partial charge in [-0.3, -0.25) is 19.2 Å². The standard InChI is InChI=1S/C29H38ClFN4O4.C4F6O2/c30-22-16-20(17-23(31)18-22)8-11-32-13-10-27(38)35(24-4-2-1-3-5-24)15-14-33-12-9-21-6-7-25(36)28-29(21)39-19-26(37)34-28;5-3(6,7)1(11)2(12)4(8,9)10/h6-7,16-18,24,32-33,36H,1-5,8-15,19H2,(H,34,37);. The average molecular weight is 755 g/mol. The second kappa shape index (κ2) is 19.0. The second-order valence-electron chi connectivity index (χ2n) is 11.8. The molecule has 51 heavy (non-hydrogen) atoms. The molecule has 2 amide bonds. The van der Waals surface area contributed by atoms with Crippen molar-refractivity contribution in [2.45, 2.75) is 69.8 Å². The predicted molar refractivity (Wildman–Crippen MR) is 172 cm³/mol. The van der Waals surface area contributed by atoms with E-state index in [0.717, 1.165) is 36.8 Å². The molecule has 1 saturated carbocycles. The third-order valence-corrected chi connectivity index (χ3v) is 8.23.